The Labute approximate surface area is 260 Å². The lowest BCUT2D eigenvalue weighted by atomic mass is 10.0. The minimum atomic E-state index is -2.40. The van der Waals surface area contributed by atoms with E-state index in [-0.39, 0.29) is 0 Å². The predicted molar refractivity (Wildman–Crippen MR) is 193 cm³/mol. The van der Waals surface area contributed by atoms with Gasteiger partial charge in [0, 0.05) is 33.3 Å². The molecule has 0 saturated carbocycles. The highest BCUT2D eigenvalue weighted by atomic mass is 32.4. The van der Waals surface area contributed by atoms with Crippen LogP contribution in [-0.4, -0.2) is 0 Å². The Morgan fingerprint density at radius 3 is 1.31 bits per heavy atom. The third kappa shape index (κ3) is 3.94. The van der Waals surface area contributed by atoms with Crippen molar-refractivity contribution in [3.63, 3.8) is 0 Å². The van der Waals surface area contributed by atoms with E-state index in [9.17, 15) is 0 Å². The Balaban J connectivity index is 1.68. The molecule has 5 aromatic carbocycles. The first kappa shape index (κ1) is 28.0. The summed E-state index contributed by atoms with van der Waals surface area (Å²) in [6.07, 6.45) is 0. The molecule has 0 radical (unpaired) electrons. The number of hydrogen-bond donors (Lipinski definition) is 0. The third-order valence-corrected chi connectivity index (χ3v) is 18.6. The van der Waals surface area contributed by atoms with Gasteiger partial charge in [-0.2, -0.15) is 0 Å². The van der Waals surface area contributed by atoms with Crippen LogP contribution >= 0.6 is 12.1 Å². The van der Waals surface area contributed by atoms with E-state index >= 15 is 0 Å². The normalized spacial score (nSPS) is 20.3. The van der Waals surface area contributed by atoms with Crippen molar-refractivity contribution in [2.24, 2.45) is 0 Å². The van der Waals surface area contributed by atoms with Crippen molar-refractivity contribution in [1.29, 1.82) is 0 Å². The van der Waals surface area contributed by atoms with Crippen molar-refractivity contribution in [3.8, 4) is 0 Å². The molecule has 2 atom stereocenters. The SMILES string of the molecule is Cc1cc2c3c(c1)P(=S)(c1ccccc1)c1cc(C(C)C)ccc1N3c1ccc(C(C)C)cc1P2(=S)c1ccccc1. The molecule has 0 spiro atoms. The van der Waals surface area contributed by atoms with Gasteiger partial charge in [-0.15, -0.1) is 0 Å². The number of rotatable bonds is 4. The van der Waals surface area contributed by atoms with Crippen LogP contribution < -0.4 is 36.7 Å². The second-order valence-electron chi connectivity index (χ2n) is 12.2. The van der Waals surface area contributed by atoms with E-state index in [1.165, 1.54) is 65.6 Å². The smallest absolute Gasteiger partial charge is 0.0643 e. The Bertz CT molecular complexity index is 1820. The zero-order valence-electron chi connectivity index (χ0n) is 24.7. The topological polar surface area (TPSA) is 3.24 Å². The molecule has 2 aliphatic heterocycles. The summed E-state index contributed by atoms with van der Waals surface area (Å²) in [4.78, 5) is 2.52. The Morgan fingerprint density at radius 1 is 0.524 bits per heavy atom. The molecule has 0 aromatic heterocycles. The van der Waals surface area contributed by atoms with Gasteiger partial charge in [0.2, 0.25) is 0 Å². The summed E-state index contributed by atoms with van der Waals surface area (Å²) in [6.45, 7) is 11.3. The fourth-order valence-corrected chi connectivity index (χ4v) is 15.4. The number of nitrogens with zero attached hydrogens (tertiary/aromatic N) is 1. The van der Waals surface area contributed by atoms with Gasteiger partial charge in [-0.1, -0.05) is 124 Å². The van der Waals surface area contributed by atoms with E-state index < -0.39 is 12.1 Å². The molecule has 0 aliphatic carbocycles. The highest BCUT2D eigenvalue weighted by molar-refractivity contribution is 8.27. The summed E-state index contributed by atoms with van der Waals surface area (Å²) >= 11 is 14.1. The first-order valence-electron chi connectivity index (χ1n) is 14.7. The van der Waals surface area contributed by atoms with Crippen molar-refractivity contribution >= 4 is 84.6 Å². The molecule has 0 N–H and O–H groups in total. The van der Waals surface area contributed by atoms with E-state index in [2.05, 4.69) is 149 Å². The van der Waals surface area contributed by atoms with Gasteiger partial charge in [0.15, 0.2) is 0 Å². The number of benzene rings is 5. The molecule has 2 aliphatic rings. The average molecular weight is 620 g/mol. The number of anilines is 3. The lowest BCUT2D eigenvalue weighted by Crippen LogP contribution is -2.46. The zero-order chi connectivity index (χ0) is 29.4. The van der Waals surface area contributed by atoms with Gasteiger partial charge < -0.3 is 4.90 Å². The van der Waals surface area contributed by atoms with E-state index in [0.29, 0.717) is 11.8 Å². The van der Waals surface area contributed by atoms with E-state index in [0.717, 1.165) is 0 Å². The van der Waals surface area contributed by atoms with Gasteiger partial charge in [-0.3, -0.25) is 0 Å². The second kappa shape index (κ2) is 10.1. The number of aryl methyl sites for hydroxylation is 1. The van der Waals surface area contributed by atoms with Crippen LogP contribution in [0.3, 0.4) is 0 Å². The summed E-state index contributed by atoms with van der Waals surface area (Å²) in [7, 11) is 0. The molecular formula is C37H35NP2S2. The molecule has 42 heavy (non-hydrogen) atoms. The van der Waals surface area contributed by atoms with Crippen molar-refractivity contribution < 1.29 is 0 Å². The minimum absolute atomic E-state index is 0.413. The molecule has 1 nitrogen and oxygen atoms in total. The van der Waals surface area contributed by atoms with Crippen LogP contribution in [0.4, 0.5) is 17.1 Å². The van der Waals surface area contributed by atoms with Crippen molar-refractivity contribution in [2.45, 2.75) is 46.5 Å². The Hall–Kier alpha value is -2.80. The van der Waals surface area contributed by atoms with Crippen LogP contribution in [0.5, 0.6) is 0 Å². The molecule has 0 bridgehead atoms. The van der Waals surface area contributed by atoms with Crippen LogP contribution in [0.15, 0.2) is 109 Å². The highest BCUT2D eigenvalue weighted by Crippen LogP contribution is 2.61. The fourth-order valence-electron chi connectivity index (χ4n) is 6.59. The van der Waals surface area contributed by atoms with Crippen LogP contribution in [0.2, 0.25) is 0 Å². The largest absolute Gasteiger partial charge is 0.308 e. The van der Waals surface area contributed by atoms with Crippen molar-refractivity contribution in [2.75, 3.05) is 4.90 Å². The van der Waals surface area contributed by atoms with Crippen LogP contribution in [-0.2, 0) is 23.6 Å². The van der Waals surface area contributed by atoms with Crippen molar-refractivity contribution in [1.82, 2.24) is 0 Å². The van der Waals surface area contributed by atoms with Gasteiger partial charge in [-0.25, -0.2) is 0 Å². The molecular weight excluding hydrogens is 584 g/mol. The molecule has 2 unspecified atom stereocenters. The molecule has 2 heterocycles. The van der Waals surface area contributed by atoms with E-state index in [4.69, 9.17) is 23.6 Å². The minimum Gasteiger partial charge on any atom is -0.308 e. The van der Waals surface area contributed by atoms with Crippen LogP contribution in [0, 0.1) is 6.92 Å². The van der Waals surface area contributed by atoms with Crippen molar-refractivity contribution in [3.05, 3.63) is 126 Å². The summed E-state index contributed by atoms with van der Waals surface area (Å²) in [5.41, 5.74) is 7.53. The van der Waals surface area contributed by atoms with Gasteiger partial charge in [-0.05, 0) is 82.5 Å². The monoisotopic (exact) mass is 619 g/mol. The summed E-state index contributed by atoms with van der Waals surface area (Å²) in [5, 5.41) is 7.60. The first-order chi connectivity index (χ1) is 20.2. The van der Waals surface area contributed by atoms with Gasteiger partial charge in [0.1, 0.15) is 0 Å². The first-order valence-corrected chi connectivity index (χ1v) is 20.3. The average Bonchev–Trinajstić information content (AvgIpc) is 3.01. The van der Waals surface area contributed by atoms with Crippen LogP contribution in [0.1, 0.15) is 56.2 Å². The standard InChI is InChI=1S/C37H35NP2S2/c1-24(2)27-16-18-31-33(22-27)39(41,29-12-8-6-9-13-29)35-20-26(5)21-36-37(35)38(31)32-19-17-28(25(3)4)23-34(32)40(36,42)30-14-10-7-11-15-30/h6-25H,1-5H3. The number of hydrogen-bond acceptors (Lipinski definition) is 3. The molecule has 5 heteroatoms. The van der Waals surface area contributed by atoms with Gasteiger partial charge >= 0.3 is 0 Å². The maximum atomic E-state index is 7.03. The maximum absolute atomic E-state index is 7.03. The fraction of sp³-hybridized carbons (Fsp3) is 0.189. The molecule has 210 valence electrons. The lowest BCUT2D eigenvalue weighted by Gasteiger charge is -2.47. The summed E-state index contributed by atoms with van der Waals surface area (Å²) in [5.74, 6) is 0.825. The predicted octanol–water partition coefficient (Wildman–Crippen LogP) is 7.85. The maximum Gasteiger partial charge on any atom is 0.0643 e. The molecule has 0 saturated heterocycles. The molecule has 5 aromatic rings. The third-order valence-electron chi connectivity index (χ3n) is 8.85. The van der Waals surface area contributed by atoms with Gasteiger partial charge in [0.25, 0.3) is 0 Å². The molecule has 0 amide bonds. The molecule has 0 fully saturated rings. The summed E-state index contributed by atoms with van der Waals surface area (Å²) in [6, 6.07) is 35.8. The van der Waals surface area contributed by atoms with E-state index in [1.807, 2.05) is 0 Å². The Kier molecular flexibility index (Phi) is 6.76. The highest BCUT2D eigenvalue weighted by Gasteiger charge is 2.46. The molecule has 7 rings (SSSR count). The van der Waals surface area contributed by atoms with Crippen LogP contribution in [0.25, 0.3) is 0 Å². The van der Waals surface area contributed by atoms with Gasteiger partial charge in [0.05, 0.1) is 17.1 Å². The zero-order valence-corrected chi connectivity index (χ0v) is 28.1. The Morgan fingerprint density at radius 2 is 0.929 bits per heavy atom. The lowest BCUT2D eigenvalue weighted by molar-refractivity contribution is 0.867. The second-order valence-corrected chi connectivity index (χ2v) is 20.9. The number of fused-ring (bicyclic) bond motifs is 4. The van der Waals surface area contributed by atoms with E-state index in [1.54, 1.807) is 0 Å². The quantitative estimate of drug-likeness (QED) is 0.185. The summed E-state index contributed by atoms with van der Waals surface area (Å²) < 4.78 is 0.